The normalized spacial score (nSPS) is 23.4. The summed E-state index contributed by atoms with van der Waals surface area (Å²) in [4.78, 5) is 32.6. The lowest BCUT2D eigenvalue weighted by molar-refractivity contribution is -0.139. The van der Waals surface area contributed by atoms with Gasteiger partial charge in [0.05, 0.1) is 13.2 Å². The average molecular weight is 363 g/mol. The van der Waals surface area contributed by atoms with Crippen LogP contribution in [0.1, 0.15) is 29.6 Å². The van der Waals surface area contributed by atoms with Crippen LogP contribution in [0, 0.1) is 6.92 Å². The minimum Gasteiger partial charge on any atom is -0.464 e. The molecule has 0 spiro atoms. The third kappa shape index (κ3) is 3.32. The van der Waals surface area contributed by atoms with Crippen LogP contribution in [0.5, 0.6) is 0 Å². The highest BCUT2D eigenvalue weighted by molar-refractivity contribution is 7.09. The molecular formula is C17H21N3O4S. The zero-order valence-corrected chi connectivity index (χ0v) is 15.2. The quantitative estimate of drug-likeness (QED) is 0.817. The first-order valence-corrected chi connectivity index (χ1v) is 8.96. The molecule has 0 aromatic carbocycles. The molecule has 0 radical (unpaired) electrons. The molecule has 25 heavy (non-hydrogen) atoms. The number of carbonyl (C=O) groups excluding carboxylic acids is 2. The maximum Gasteiger partial charge on any atom is 0.354 e. The van der Waals surface area contributed by atoms with E-state index < -0.39 is 12.2 Å². The Morgan fingerprint density at radius 3 is 2.84 bits per heavy atom. The van der Waals surface area contributed by atoms with Gasteiger partial charge < -0.3 is 19.6 Å². The number of carbonyl (C=O) groups is 2. The molecule has 1 aromatic heterocycles. The van der Waals surface area contributed by atoms with E-state index in [1.165, 1.54) is 24.2 Å². The van der Waals surface area contributed by atoms with Crippen molar-refractivity contribution in [1.29, 1.82) is 0 Å². The lowest BCUT2D eigenvalue weighted by Crippen LogP contribution is -2.39. The number of aliphatic hydroxyl groups excluding tert-OH is 1. The van der Waals surface area contributed by atoms with E-state index in [9.17, 15) is 14.7 Å². The number of thiazole rings is 1. The minimum atomic E-state index is -1.05. The van der Waals surface area contributed by atoms with Crippen molar-refractivity contribution in [3.05, 3.63) is 39.5 Å². The highest BCUT2D eigenvalue weighted by atomic mass is 32.1. The van der Waals surface area contributed by atoms with Crippen molar-refractivity contribution >= 4 is 23.2 Å². The van der Waals surface area contributed by atoms with Crippen LogP contribution in [0.15, 0.2) is 28.8 Å². The molecule has 7 nitrogen and oxygen atoms in total. The van der Waals surface area contributed by atoms with Gasteiger partial charge >= 0.3 is 5.97 Å². The van der Waals surface area contributed by atoms with Crippen LogP contribution < -0.4 is 0 Å². The molecule has 0 bridgehead atoms. The van der Waals surface area contributed by atoms with Gasteiger partial charge in [0.15, 0.2) is 0 Å². The van der Waals surface area contributed by atoms with Crippen molar-refractivity contribution in [3.63, 3.8) is 0 Å². The predicted octanol–water partition coefficient (Wildman–Crippen LogP) is 1.36. The number of likely N-dealkylation sites (tertiary alicyclic amines) is 1. The summed E-state index contributed by atoms with van der Waals surface area (Å²) in [6.45, 7) is 2.56. The van der Waals surface area contributed by atoms with E-state index in [4.69, 9.17) is 4.74 Å². The SMILES string of the molecule is COC(=O)C1=CC(C(=O)N2CCC[C@@H]2c2nc(C)cs2)=CC(O)N1C. The lowest BCUT2D eigenvalue weighted by atomic mass is 10.1. The molecule has 2 aliphatic heterocycles. The number of aromatic nitrogens is 1. The van der Waals surface area contributed by atoms with Crippen molar-refractivity contribution in [2.45, 2.75) is 32.0 Å². The van der Waals surface area contributed by atoms with Gasteiger partial charge in [0.25, 0.3) is 5.91 Å². The first kappa shape index (κ1) is 17.6. The highest BCUT2D eigenvalue weighted by Crippen LogP contribution is 2.35. The molecule has 1 fully saturated rings. The van der Waals surface area contributed by atoms with Gasteiger partial charge in [0, 0.05) is 30.2 Å². The Hall–Kier alpha value is -2.19. The van der Waals surface area contributed by atoms with Gasteiger partial charge in [-0.15, -0.1) is 11.3 Å². The number of likely N-dealkylation sites (N-methyl/N-ethyl adjacent to an activating group) is 1. The van der Waals surface area contributed by atoms with Crippen LogP contribution in [0.3, 0.4) is 0 Å². The number of methoxy groups -OCH3 is 1. The van der Waals surface area contributed by atoms with Crippen LogP contribution in [-0.4, -0.2) is 58.7 Å². The van der Waals surface area contributed by atoms with Crippen LogP contribution in [0.25, 0.3) is 0 Å². The number of aliphatic hydroxyl groups is 1. The number of hydrogen-bond donors (Lipinski definition) is 1. The summed E-state index contributed by atoms with van der Waals surface area (Å²) in [5.41, 5.74) is 1.40. The van der Waals surface area contributed by atoms with E-state index in [-0.39, 0.29) is 17.6 Å². The highest BCUT2D eigenvalue weighted by Gasteiger charge is 2.35. The number of hydrogen-bond acceptors (Lipinski definition) is 7. The summed E-state index contributed by atoms with van der Waals surface area (Å²) >= 11 is 1.55. The second-order valence-corrected chi connectivity index (χ2v) is 7.04. The fourth-order valence-electron chi connectivity index (χ4n) is 3.11. The molecule has 1 saturated heterocycles. The summed E-state index contributed by atoms with van der Waals surface area (Å²) < 4.78 is 4.73. The van der Waals surface area contributed by atoms with Crippen molar-refractivity contribution < 1.29 is 19.4 Å². The van der Waals surface area contributed by atoms with Gasteiger partial charge in [-0.25, -0.2) is 9.78 Å². The summed E-state index contributed by atoms with van der Waals surface area (Å²) in [6, 6.07) is -0.0566. The third-order valence-electron chi connectivity index (χ3n) is 4.47. The molecule has 2 atom stereocenters. The molecule has 1 aromatic rings. The van der Waals surface area contributed by atoms with Gasteiger partial charge in [-0.2, -0.15) is 0 Å². The first-order chi connectivity index (χ1) is 11.9. The molecule has 0 aliphatic carbocycles. The molecule has 0 saturated carbocycles. The standard InChI is InChI=1S/C17H21N3O4S/c1-10-9-25-15(18-10)12-5-4-6-20(12)16(22)11-7-13(17(23)24-3)19(2)14(21)8-11/h7-9,12,14,21H,4-6H2,1-3H3/t12-,14?/m1/s1. The topological polar surface area (TPSA) is 83.0 Å². The predicted molar refractivity (Wildman–Crippen MR) is 92.5 cm³/mol. The average Bonchev–Trinajstić information content (AvgIpc) is 3.24. The van der Waals surface area contributed by atoms with Crippen molar-refractivity contribution in [3.8, 4) is 0 Å². The van der Waals surface area contributed by atoms with Crippen molar-refractivity contribution in [2.24, 2.45) is 0 Å². The zero-order valence-electron chi connectivity index (χ0n) is 14.4. The van der Waals surface area contributed by atoms with Crippen molar-refractivity contribution in [2.75, 3.05) is 20.7 Å². The zero-order chi connectivity index (χ0) is 18.1. The Balaban J connectivity index is 1.87. The number of nitrogens with zero attached hydrogens (tertiary/aromatic N) is 3. The number of esters is 1. The molecule has 1 amide bonds. The summed E-state index contributed by atoms with van der Waals surface area (Å²) in [6.07, 6.45) is 3.64. The maximum absolute atomic E-state index is 13.0. The van der Waals surface area contributed by atoms with E-state index in [1.807, 2.05) is 12.3 Å². The van der Waals surface area contributed by atoms with E-state index in [2.05, 4.69) is 4.98 Å². The molecule has 134 valence electrons. The molecule has 3 rings (SSSR count). The largest absolute Gasteiger partial charge is 0.464 e. The van der Waals surface area contributed by atoms with E-state index in [0.717, 1.165) is 23.5 Å². The minimum absolute atomic E-state index is 0.0566. The lowest BCUT2D eigenvalue weighted by Gasteiger charge is -2.30. The Morgan fingerprint density at radius 2 is 2.20 bits per heavy atom. The molecule has 8 heteroatoms. The molecule has 1 unspecified atom stereocenters. The molecular weight excluding hydrogens is 342 g/mol. The number of ether oxygens (including phenoxy) is 1. The summed E-state index contributed by atoms with van der Waals surface area (Å²) in [5.74, 6) is -0.794. The van der Waals surface area contributed by atoms with Gasteiger partial charge in [0.1, 0.15) is 16.9 Å². The number of amides is 1. The molecule has 2 aliphatic rings. The van der Waals surface area contributed by atoms with E-state index in [0.29, 0.717) is 12.1 Å². The first-order valence-electron chi connectivity index (χ1n) is 8.08. The Bertz CT molecular complexity index is 755. The Labute approximate surface area is 150 Å². The van der Waals surface area contributed by atoms with Crippen molar-refractivity contribution in [1.82, 2.24) is 14.8 Å². The van der Waals surface area contributed by atoms with Crippen LogP contribution in [0.4, 0.5) is 0 Å². The third-order valence-corrected chi connectivity index (χ3v) is 5.54. The van der Waals surface area contributed by atoms with Crippen LogP contribution in [-0.2, 0) is 14.3 Å². The Kier molecular flexibility index (Phi) is 4.91. The van der Waals surface area contributed by atoms with Gasteiger partial charge in [-0.05, 0) is 31.9 Å². The van der Waals surface area contributed by atoms with E-state index >= 15 is 0 Å². The summed E-state index contributed by atoms with van der Waals surface area (Å²) in [7, 11) is 2.84. The number of rotatable bonds is 3. The second kappa shape index (κ2) is 6.97. The van der Waals surface area contributed by atoms with Crippen LogP contribution >= 0.6 is 11.3 Å². The Morgan fingerprint density at radius 1 is 1.44 bits per heavy atom. The van der Waals surface area contributed by atoms with E-state index in [1.54, 1.807) is 23.3 Å². The monoisotopic (exact) mass is 363 g/mol. The fourth-order valence-corrected chi connectivity index (χ4v) is 4.05. The smallest absolute Gasteiger partial charge is 0.354 e. The summed E-state index contributed by atoms with van der Waals surface area (Å²) in [5, 5.41) is 13.1. The fraction of sp³-hybridized carbons (Fsp3) is 0.471. The maximum atomic E-state index is 13.0. The van der Waals surface area contributed by atoms with Crippen LogP contribution in [0.2, 0.25) is 0 Å². The molecule has 1 N–H and O–H groups in total. The van der Waals surface area contributed by atoms with Gasteiger partial charge in [-0.1, -0.05) is 0 Å². The molecule has 3 heterocycles. The van der Waals surface area contributed by atoms with Gasteiger partial charge in [0.2, 0.25) is 0 Å². The number of aryl methyl sites for hydroxylation is 1. The second-order valence-electron chi connectivity index (χ2n) is 6.15. The van der Waals surface area contributed by atoms with Gasteiger partial charge in [-0.3, -0.25) is 4.79 Å².